The number of phenols is 1. The molecule has 39 heavy (non-hydrogen) atoms. The molecule has 4 aromatic carbocycles. The summed E-state index contributed by atoms with van der Waals surface area (Å²) in [5, 5.41) is 12.9. The van der Waals surface area contributed by atoms with E-state index in [9.17, 15) is 36.2 Å². The van der Waals surface area contributed by atoms with Crippen molar-refractivity contribution >= 4 is 5.91 Å². The Morgan fingerprint density at radius 1 is 0.821 bits per heavy atom. The van der Waals surface area contributed by atoms with Crippen molar-refractivity contribution in [1.82, 2.24) is 5.32 Å². The van der Waals surface area contributed by atoms with Crippen LogP contribution in [0.15, 0.2) is 84.9 Å². The molecule has 1 amide bonds. The second-order valence-electron chi connectivity index (χ2n) is 8.92. The fraction of sp³-hybridized carbons (Fsp3) is 0.138. The third-order valence-corrected chi connectivity index (χ3v) is 6.31. The molecule has 10 heteroatoms. The van der Waals surface area contributed by atoms with E-state index in [1.54, 1.807) is 30.3 Å². The summed E-state index contributed by atoms with van der Waals surface area (Å²) in [4.78, 5) is 13.5. The van der Waals surface area contributed by atoms with Gasteiger partial charge in [0.15, 0.2) is 0 Å². The molecule has 0 fully saturated rings. The summed E-state index contributed by atoms with van der Waals surface area (Å²) in [5.41, 5.74) is 2.68. The third kappa shape index (κ3) is 5.91. The summed E-state index contributed by atoms with van der Waals surface area (Å²) in [6.45, 7) is -0.226. The minimum absolute atomic E-state index is 0.0185. The molecule has 0 aliphatic rings. The normalized spacial score (nSPS) is 13.1. The van der Waals surface area contributed by atoms with E-state index in [1.807, 2.05) is 0 Å². The number of nitrogens with one attached hydrogen (secondary N) is 1. The highest BCUT2D eigenvalue weighted by molar-refractivity contribution is 5.95. The maximum atomic E-state index is 14.6. The van der Waals surface area contributed by atoms with Crippen molar-refractivity contribution < 1.29 is 36.2 Å². The van der Waals surface area contributed by atoms with Gasteiger partial charge in [0.1, 0.15) is 23.2 Å². The summed E-state index contributed by atoms with van der Waals surface area (Å²) in [6, 6.07) is 17.2. The standard InChI is InChI=1S/C29H22F6N2O2/c30-22-12-21(13-23(38)14-22)28(15-17-4-2-1-3-5-17,20-7-9-25(31)19(10-20)16-36)37-27(39)18-6-8-26(32)24(11-18)29(33,34)35/h1-14,38H,15-16,36H2,(H,37,39)/t28-/m1/s1. The third-order valence-electron chi connectivity index (χ3n) is 6.31. The summed E-state index contributed by atoms with van der Waals surface area (Å²) < 4.78 is 83.1. The second-order valence-corrected chi connectivity index (χ2v) is 8.92. The number of carbonyl (C=O) groups is 1. The van der Waals surface area contributed by atoms with Crippen molar-refractivity contribution in [2.24, 2.45) is 5.73 Å². The molecule has 0 radical (unpaired) electrons. The topological polar surface area (TPSA) is 75.3 Å². The average molecular weight is 544 g/mol. The predicted molar refractivity (Wildman–Crippen MR) is 132 cm³/mol. The number of amides is 1. The molecule has 1 atom stereocenters. The Balaban J connectivity index is 1.97. The Labute approximate surface area is 219 Å². The van der Waals surface area contributed by atoms with E-state index in [0.717, 1.165) is 24.3 Å². The molecule has 0 aliphatic carbocycles. The van der Waals surface area contributed by atoms with Crippen molar-refractivity contribution in [3.8, 4) is 5.75 Å². The SMILES string of the molecule is NCc1cc([C@@](Cc2ccccc2)(NC(=O)c2ccc(F)c(C(F)(F)F)c2)c2cc(O)cc(F)c2)ccc1F. The number of benzene rings is 4. The molecule has 0 saturated heterocycles. The number of hydrogen-bond donors (Lipinski definition) is 3. The highest BCUT2D eigenvalue weighted by Gasteiger charge is 2.39. The van der Waals surface area contributed by atoms with Crippen molar-refractivity contribution in [1.29, 1.82) is 0 Å². The minimum atomic E-state index is -5.07. The summed E-state index contributed by atoms with van der Waals surface area (Å²) in [7, 11) is 0. The Morgan fingerprint density at radius 2 is 1.51 bits per heavy atom. The smallest absolute Gasteiger partial charge is 0.419 e. The second kappa shape index (κ2) is 10.8. The van der Waals surface area contributed by atoms with Gasteiger partial charge in [0.2, 0.25) is 0 Å². The van der Waals surface area contributed by atoms with Crippen molar-refractivity contribution in [3.63, 3.8) is 0 Å². The number of hydrogen-bond acceptors (Lipinski definition) is 3. The van der Waals surface area contributed by atoms with Crippen LogP contribution in [0.1, 0.15) is 38.2 Å². The number of phenolic OH excluding ortho intramolecular Hbond substituents is 1. The van der Waals surface area contributed by atoms with E-state index in [-0.39, 0.29) is 29.7 Å². The summed E-state index contributed by atoms with van der Waals surface area (Å²) >= 11 is 0. The number of nitrogens with two attached hydrogens (primary N) is 1. The van der Waals surface area contributed by atoms with Crippen LogP contribution in [0.3, 0.4) is 0 Å². The highest BCUT2D eigenvalue weighted by atomic mass is 19.4. The first-order valence-corrected chi connectivity index (χ1v) is 11.6. The molecular formula is C29H22F6N2O2. The van der Waals surface area contributed by atoms with Crippen LogP contribution in [0.4, 0.5) is 26.3 Å². The number of aromatic hydroxyl groups is 1. The fourth-order valence-corrected chi connectivity index (χ4v) is 4.43. The van der Waals surface area contributed by atoms with Crippen LogP contribution in [0, 0.1) is 17.5 Å². The maximum absolute atomic E-state index is 14.6. The molecule has 4 N–H and O–H groups in total. The van der Waals surface area contributed by atoms with Gasteiger partial charge in [-0.05, 0) is 59.2 Å². The molecule has 4 aromatic rings. The molecular weight excluding hydrogens is 522 g/mol. The fourth-order valence-electron chi connectivity index (χ4n) is 4.43. The lowest BCUT2D eigenvalue weighted by Crippen LogP contribution is -2.49. The minimum Gasteiger partial charge on any atom is -0.508 e. The van der Waals surface area contributed by atoms with Gasteiger partial charge in [0, 0.05) is 30.2 Å². The van der Waals surface area contributed by atoms with Gasteiger partial charge in [0.05, 0.1) is 11.1 Å². The van der Waals surface area contributed by atoms with Gasteiger partial charge in [0.25, 0.3) is 5.91 Å². The van der Waals surface area contributed by atoms with Crippen molar-refractivity contribution in [2.45, 2.75) is 24.7 Å². The van der Waals surface area contributed by atoms with Gasteiger partial charge >= 0.3 is 6.18 Å². The quantitative estimate of drug-likeness (QED) is 0.243. The highest BCUT2D eigenvalue weighted by Crippen LogP contribution is 2.38. The van der Waals surface area contributed by atoms with E-state index in [0.29, 0.717) is 17.7 Å². The molecule has 0 heterocycles. The van der Waals surface area contributed by atoms with E-state index in [4.69, 9.17) is 5.73 Å². The molecule has 0 unspecified atom stereocenters. The molecule has 202 valence electrons. The van der Waals surface area contributed by atoms with E-state index in [2.05, 4.69) is 5.32 Å². The lowest BCUT2D eigenvalue weighted by atomic mass is 9.77. The van der Waals surface area contributed by atoms with Crippen LogP contribution >= 0.6 is 0 Å². The monoisotopic (exact) mass is 544 g/mol. The van der Waals surface area contributed by atoms with Crippen LogP contribution < -0.4 is 11.1 Å². The van der Waals surface area contributed by atoms with E-state index in [1.165, 1.54) is 18.2 Å². The molecule has 0 spiro atoms. The zero-order chi connectivity index (χ0) is 28.4. The van der Waals surface area contributed by atoms with Gasteiger partial charge in [-0.3, -0.25) is 4.79 Å². The summed E-state index contributed by atoms with van der Waals surface area (Å²) in [6.07, 6.45) is -5.16. The predicted octanol–water partition coefficient (Wildman–Crippen LogP) is 6.20. The molecule has 4 nitrogen and oxygen atoms in total. The van der Waals surface area contributed by atoms with E-state index >= 15 is 0 Å². The molecule has 0 aromatic heterocycles. The van der Waals surface area contributed by atoms with Crippen LogP contribution in [-0.4, -0.2) is 11.0 Å². The number of rotatable bonds is 7. The van der Waals surface area contributed by atoms with Crippen LogP contribution in [0.5, 0.6) is 5.75 Å². The first kappa shape index (κ1) is 27.7. The Morgan fingerprint density at radius 3 is 2.15 bits per heavy atom. The number of alkyl halides is 3. The molecule has 0 bridgehead atoms. The Kier molecular flexibility index (Phi) is 7.69. The Bertz CT molecular complexity index is 1490. The average Bonchev–Trinajstić information content (AvgIpc) is 2.88. The van der Waals surface area contributed by atoms with Crippen LogP contribution in [0.25, 0.3) is 0 Å². The first-order chi connectivity index (χ1) is 18.4. The van der Waals surface area contributed by atoms with Crippen molar-refractivity contribution in [3.05, 3.63) is 136 Å². The number of halogens is 6. The zero-order valence-corrected chi connectivity index (χ0v) is 20.2. The first-order valence-electron chi connectivity index (χ1n) is 11.6. The largest absolute Gasteiger partial charge is 0.508 e. The summed E-state index contributed by atoms with van der Waals surface area (Å²) in [5.74, 6) is -4.61. The molecule has 0 saturated carbocycles. The van der Waals surface area contributed by atoms with Gasteiger partial charge in [-0.2, -0.15) is 13.2 Å². The zero-order valence-electron chi connectivity index (χ0n) is 20.2. The van der Waals surface area contributed by atoms with Gasteiger partial charge in [-0.1, -0.05) is 36.4 Å². The Hall–Kier alpha value is -4.31. The van der Waals surface area contributed by atoms with Gasteiger partial charge in [-0.25, -0.2) is 13.2 Å². The van der Waals surface area contributed by atoms with Gasteiger partial charge < -0.3 is 16.2 Å². The van der Waals surface area contributed by atoms with Crippen molar-refractivity contribution in [2.75, 3.05) is 0 Å². The number of carbonyl (C=O) groups excluding carboxylic acids is 1. The molecule has 4 rings (SSSR count). The van der Waals surface area contributed by atoms with Crippen LogP contribution in [0.2, 0.25) is 0 Å². The molecule has 0 aliphatic heterocycles. The van der Waals surface area contributed by atoms with Crippen LogP contribution in [-0.2, 0) is 24.7 Å². The lowest BCUT2D eigenvalue weighted by molar-refractivity contribution is -0.140. The lowest BCUT2D eigenvalue weighted by Gasteiger charge is -2.37. The van der Waals surface area contributed by atoms with E-state index < -0.39 is 52.0 Å². The van der Waals surface area contributed by atoms with Gasteiger partial charge in [-0.15, -0.1) is 0 Å². The maximum Gasteiger partial charge on any atom is 0.419 e.